The first kappa shape index (κ1) is 15.0. The zero-order valence-electron chi connectivity index (χ0n) is 12.0. The van der Waals surface area contributed by atoms with Crippen molar-refractivity contribution >= 4 is 5.97 Å². The van der Waals surface area contributed by atoms with Gasteiger partial charge >= 0.3 is 5.97 Å². The summed E-state index contributed by atoms with van der Waals surface area (Å²) in [6.07, 6.45) is 4.62. The highest BCUT2D eigenvalue weighted by molar-refractivity contribution is 5.66. The van der Waals surface area contributed by atoms with E-state index in [1.165, 1.54) is 0 Å². The second-order valence-electron chi connectivity index (χ2n) is 4.80. The van der Waals surface area contributed by atoms with Crippen LogP contribution in [0.15, 0.2) is 30.5 Å². The minimum Gasteiger partial charge on any atom is -0.497 e. The second-order valence-corrected chi connectivity index (χ2v) is 4.80. The topological polar surface area (TPSA) is 77.2 Å². The van der Waals surface area contributed by atoms with E-state index < -0.39 is 5.97 Å². The van der Waals surface area contributed by atoms with Crippen molar-refractivity contribution in [1.82, 2.24) is 15.0 Å². The fraction of sp³-hybridized carbons (Fsp3) is 0.400. The summed E-state index contributed by atoms with van der Waals surface area (Å²) in [6.45, 7) is 0.753. The third kappa shape index (κ3) is 4.59. The fourth-order valence-corrected chi connectivity index (χ4v) is 2.03. The van der Waals surface area contributed by atoms with Crippen LogP contribution in [0.5, 0.6) is 5.75 Å². The molecule has 0 saturated carbocycles. The molecular formula is C15H19N3O3. The van der Waals surface area contributed by atoms with Gasteiger partial charge in [-0.05, 0) is 37.1 Å². The number of aliphatic carboxylic acids is 1. The Morgan fingerprint density at radius 2 is 2.00 bits per heavy atom. The Kier molecular flexibility index (Phi) is 5.31. The van der Waals surface area contributed by atoms with Crippen LogP contribution in [0.3, 0.4) is 0 Å². The highest BCUT2D eigenvalue weighted by Crippen LogP contribution is 2.20. The number of aryl methyl sites for hydroxylation is 1. The van der Waals surface area contributed by atoms with Crippen LogP contribution in [0, 0.1) is 0 Å². The standard InChI is InChI=1S/C15H19N3O3/c1-21-13-8-6-12(7-9-13)14-11-18(17-16-14)10-4-2-3-5-15(19)20/h6-9,11H,2-5,10H2,1H3,(H,19,20). The molecule has 1 heterocycles. The molecule has 0 radical (unpaired) electrons. The molecule has 2 aromatic rings. The molecule has 0 atom stereocenters. The number of hydrogen-bond donors (Lipinski definition) is 1. The predicted octanol–water partition coefficient (Wildman–Crippen LogP) is 2.60. The van der Waals surface area contributed by atoms with E-state index in [0.717, 1.165) is 36.4 Å². The highest BCUT2D eigenvalue weighted by Gasteiger charge is 2.04. The lowest BCUT2D eigenvalue weighted by molar-refractivity contribution is -0.137. The van der Waals surface area contributed by atoms with Gasteiger partial charge in [-0.25, -0.2) is 0 Å². The molecule has 6 nitrogen and oxygen atoms in total. The van der Waals surface area contributed by atoms with Gasteiger partial charge in [0.1, 0.15) is 11.4 Å². The van der Waals surface area contributed by atoms with Crippen LogP contribution < -0.4 is 4.74 Å². The molecule has 112 valence electrons. The van der Waals surface area contributed by atoms with E-state index in [4.69, 9.17) is 9.84 Å². The van der Waals surface area contributed by atoms with E-state index in [2.05, 4.69) is 10.3 Å². The summed E-state index contributed by atoms with van der Waals surface area (Å²) in [5.41, 5.74) is 1.82. The van der Waals surface area contributed by atoms with Crippen molar-refractivity contribution < 1.29 is 14.6 Å². The summed E-state index contributed by atoms with van der Waals surface area (Å²) in [5.74, 6) is 0.0714. The third-order valence-corrected chi connectivity index (χ3v) is 3.20. The molecular weight excluding hydrogens is 270 g/mol. The largest absolute Gasteiger partial charge is 0.497 e. The maximum absolute atomic E-state index is 10.4. The molecule has 1 aromatic heterocycles. The Labute approximate surface area is 123 Å². The van der Waals surface area contributed by atoms with Gasteiger partial charge < -0.3 is 9.84 Å². The molecule has 0 aliphatic heterocycles. The van der Waals surface area contributed by atoms with Crippen molar-refractivity contribution in [2.45, 2.75) is 32.2 Å². The minimum absolute atomic E-state index is 0.231. The average Bonchev–Trinajstić information content (AvgIpc) is 2.95. The van der Waals surface area contributed by atoms with Gasteiger partial charge in [-0.2, -0.15) is 0 Å². The summed E-state index contributed by atoms with van der Waals surface area (Å²) in [4.78, 5) is 10.4. The lowest BCUT2D eigenvalue weighted by Crippen LogP contribution is -2.00. The van der Waals surface area contributed by atoms with Gasteiger partial charge in [0.25, 0.3) is 0 Å². The van der Waals surface area contributed by atoms with Crippen LogP contribution in [0.1, 0.15) is 25.7 Å². The maximum atomic E-state index is 10.4. The monoisotopic (exact) mass is 289 g/mol. The van der Waals surface area contributed by atoms with Crippen molar-refractivity contribution in [1.29, 1.82) is 0 Å². The number of aromatic nitrogens is 3. The van der Waals surface area contributed by atoms with Crippen LogP contribution in [0.4, 0.5) is 0 Å². The minimum atomic E-state index is -0.738. The van der Waals surface area contributed by atoms with Crippen LogP contribution in [-0.4, -0.2) is 33.2 Å². The van der Waals surface area contributed by atoms with Gasteiger partial charge in [0.05, 0.1) is 13.3 Å². The van der Waals surface area contributed by atoms with E-state index in [-0.39, 0.29) is 6.42 Å². The number of benzene rings is 1. The molecule has 0 unspecified atom stereocenters. The summed E-state index contributed by atoms with van der Waals surface area (Å²) < 4.78 is 6.91. The van der Waals surface area contributed by atoms with E-state index in [1.54, 1.807) is 11.8 Å². The number of carbonyl (C=O) groups is 1. The third-order valence-electron chi connectivity index (χ3n) is 3.20. The Morgan fingerprint density at radius 1 is 1.24 bits per heavy atom. The number of methoxy groups -OCH3 is 1. The number of carboxylic acids is 1. The molecule has 0 spiro atoms. The van der Waals surface area contributed by atoms with Gasteiger partial charge in [0.15, 0.2) is 0 Å². The lowest BCUT2D eigenvalue weighted by atomic mass is 10.1. The molecule has 1 N–H and O–H groups in total. The molecule has 0 saturated heterocycles. The molecule has 0 amide bonds. The molecule has 0 aliphatic carbocycles. The first-order chi connectivity index (χ1) is 10.2. The van der Waals surface area contributed by atoms with Crippen molar-refractivity contribution in [3.63, 3.8) is 0 Å². The van der Waals surface area contributed by atoms with Gasteiger partial charge in [-0.15, -0.1) is 5.10 Å². The van der Waals surface area contributed by atoms with Gasteiger partial charge in [0.2, 0.25) is 0 Å². The normalized spacial score (nSPS) is 10.5. The first-order valence-electron chi connectivity index (χ1n) is 6.95. The first-order valence-corrected chi connectivity index (χ1v) is 6.95. The number of nitrogens with zero attached hydrogens (tertiary/aromatic N) is 3. The smallest absolute Gasteiger partial charge is 0.303 e. The Balaban J connectivity index is 1.84. The average molecular weight is 289 g/mol. The number of rotatable bonds is 8. The Hall–Kier alpha value is -2.37. The van der Waals surface area contributed by atoms with Crippen LogP contribution in [-0.2, 0) is 11.3 Å². The van der Waals surface area contributed by atoms with Crippen LogP contribution in [0.25, 0.3) is 11.3 Å². The van der Waals surface area contributed by atoms with E-state index in [1.807, 2.05) is 30.5 Å². The molecule has 0 bridgehead atoms. The van der Waals surface area contributed by atoms with E-state index in [0.29, 0.717) is 6.42 Å². The quantitative estimate of drug-likeness (QED) is 0.756. The molecule has 1 aromatic carbocycles. The number of carboxylic acid groups (broad SMARTS) is 1. The molecule has 0 aliphatic rings. The SMILES string of the molecule is COc1ccc(-c2cn(CCCCCC(=O)O)nn2)cc1. The highest BCUT2D eigenvalue weighted by atomic mass is 16.5. The van der Waals surface area contributed by atoms with Crippen LogP contribution in [0.2, 0.25) is 0 Å². The Morgan fingerprint density at radius 3 is 2.67 bits per heavy atom. The predicted molar refractivity (Wildman–Crippen MR) is 78.1 cm³/mol. The Bertz CT molecular complexity index is 578. The van der Waals surface area contributed by atoms with E-state index >= 15 is 0 Å². The number of ether oxygens (including phenoxy) is 1. The summed E-state index contributed by atoms with van der Waals surface area (Å²) in [5, 5.41) is 16.8. The maximum Gasteiger partial charge on any atom is 0.303 e. The summed E-state index contributed by atoms with van der Waals surface area (Å²) >= 11 is 0. The van der Waals surface area contributed by atoms with Crippen molar-refractivity contribution in [3.05, 3.63) is 30.5 Å². The zero-order chi connectivity index (χ0) is 15.1. The van der Waals surface area contributed by atoms with Gasteiger partial charge in [0, 0.05) is 18.5 Å². The zero-order valence-corrected chi connectivity index (χ0v) is 12.0. The van der Waals surface area contributed by atoms with Crippen molar-refractivity contribution in [2.75, 3.05) is 7.11 Å². The van der Waals surface area contributed by atoms with Crippen LogP contribution >= 0.6 is 0 Å². The molecule has 0 fully saturated rings. The summed E-state index contributed by atoms with van der Waals surface area (Å²) in [7, 11) is 1.63. The van der Waals surface area contributed by atoms with Gasteiger partial charge in [-0.3, -0.25) is 9.48 Å². The number of unbranched alkanes of at least 4 members (excludes halogenated alkanes) is 2. The lowest BCUT2D eigenvalue weighted by Gasteiger charge is -2.00. The van der Waals surface area contributed by atoms with Crippen molar-refractivity contribution in [3.8, 4) is 17.0 Å². The second kappa shape index (κ2) is 7.42. The van der Waals surface area contributed by atoms with Crippen molar-refractivity contribution in [2.24, 2.45) is 0 Å². The fourth-order valence-electron chi connectivity index (χ4n) is 2.03. The van der Waals surface area contributed by atoms with E-state index in [9.17, 15) is 4.79 Å². The van der Waals surface area contributed by atoms with Gasteiger partial charge in [-0.1, -0.05) is 11.6 Å². The summed E-state index contributed by atoms with van der Waals surface area (Å²) in [6, 6.07) is 7.67. The molecule has 21 heavy (non-hydrogen) atoms. The molecule has 2 rings (SSSR count). The number of hydrogen-bond acceptors (Lipinski definition) is 4. The molecule has 6 heteroatoms.